The maximum absolute atomic E-state index is 9.63. The lowest BCUT2D eigenvalue weighted by Crippen LogP contribution is -2.22. The minimum Gasteiger partial charge on any atom is -0.390 e. The molecule has 86 valence electrons. The molecule has 4 nitrogen and oxygen atoms in total. The lowest BCUT2D eigenvalue weighted by Gasteiger charge is -2.18. The molecule has 0 saturated heterocycles. The van der Waals surface area contributed by atoms with Crippen molar-refractivity contribution in [2.45, 2.75) is 45.9 Å². The van der Waals surface area contributed by atoms with Crippen LogP contribution in [0.4, 0.5) is 0 Å². The first-order valence-corrected chi connectivity index (χ1v) is 5.46. The van der Waals surface area contributed by atoms with Crippen molar-refractivity contribution in [3.63, 3.8) is 0 Å². The minimum atomic E-state index is -0.611. The summed E-state index contributed by atoms with van der Waals surface area (Å²) < 4.78 is 2.08. The van der Waals surface area contributed by atoms with Crippen molar-refractivity contribution in [1.82, 2.24) is 14.9 Å². The molecular formula is C11H21N3O. The van der Waals surface area contributed by atoms with Gasteiger partial charge in [-0.25, -0.2) is 4.98 Å². The molecule has 0 fully saturated rings. The van der Waals surface area contributed by atoms with Crippen molar-refractivity contribution in [3.8, 4) is 0 Å². The molecule has 15 heavy (non-hydrogen) atoms. The molecule has 0 radical (unpaired) electrons. The monoisotopic (exact) mass is 211 g/mol. The zero-order chi connectivity index (χ0) is 11.3. The molecule has 0 amide bonds. The molecule has 0 aromatic carbocycles. The summed E-state index contributed by atoms with van der Waals surface area (Å²) in [7, 11) is 0. The molecule has 1 heterocycles. The van der Waals surface area contributed by atoms with Gasteiger partial charge < -0.3 is 15.0 Å². The fraction of sp³-hybridized carbons (Fsp3) is 0.727. The molecular weight excluding hydrogens is 190 g/mol. The Kier molecular flexibility index (Phi) is 4.29. The highest BCUT2D eigenvalue weighted by molar-refractivity contribution is 4.92. The van der Waals surface area contributed by atoms with Crippen molar-refractivity contribution < 1.29 is 5.11 Å². The standard InChI is InChI=1S/C11H21N3O/c1-4-12-9-10-13-6-8-14(10)7-5-11(2,3)15/h6,8,12,15H,4-5,7,9H2,1-3H3. The van der Waals surface area contributed by atoms with Gasteiger partial charge in [-0.2, -0.15) is 0 Å². The number of imidazole rings is 1. The fourth-order valence-corrected chi connectivity index (χ4v) is 1.34. The van der Waals surface area contributed by atoms with E-state index in [-0.39, 0.29) is 0 Å². The van der Waals surface area contributed by atoms with E-state index in [1.165, 1.54) is 0 Å². The van der Waals surface area contributed by atoms with E-state index < -0.39 is 5.60 Å². The van der Waals surface area contributed by atoms with Gasteiger partial charge in [0.2, 0.25) is 0 Å². The molecule has 0 aliphatic heterocycles. The van der Waals surface area contributed by atoms with Gasteiger partial charge in [0.1, 0.15) is 5.82 Å². The number of hydrogen-bond donors (Lipinski definition) is 2. The van der Waals surface area contributed by atoms with Crippen LogP contribution in [0.2, 0.25) is 0 Å². The summed E-state index contributed by atoms with van der Waals surface area (Å²) in [5, 5.41) is 12.9. The lowest BCUT2D eigenvalue weighted by atomic mass is 10.1. The first-order chi connectivity index (χ1) is 7.03. The van der Waals surface area contributed by atoms with Gasteiger partial charge in [0, 0.05) is 18.9 Å². The largest absolute Gasteiger partial charge is 0.390 e. The second kappa shape index (κ2) is 5.28. The first kappa shape index (κ1) is 12.2. The van der Waals surface area contributed by atoms with E-state index in [9.17, 15) is 5.11 Å². The second-order valence-corrected chi connectivity index (χ2v) is 4.38. The molecule has 1 aromatic rings. The predicted octanol–water partition coefficient (Wildman–Crippen LogP) is 1.15. The predicted molar refractivity (Wildman–Crippen MR) is 60.5 cm³/mol. The molecule has 0 saturated carbocycles. The highest BCUT2D eigenvalue weighted by Crippen LogP contribution is 2.10. The second-order valence-electron chi connectivity index (χ2n) is 4.38. The third kappa shape index (κ3) is 4.44. The number of aromatic nitrogens is 2. The Morgan fingerprint density at radius 2 is 2.27 bits per heavy atom. The first-order valence-electron chi connectivity index (χ1n) is 5.46. The summed E-state index contributed by atoms with van der Waals surface area (Å²) >= 11 is 0. The summed E-state index contributed by atoms with van der Waals surface area (Å²) in [4.78, 5) is 4.27. The Hall–Kier alpha value is -0.870. The molecule has 4 heteroatoms. The molecule has 1 aromatic heterocycles. The van der Waals surface area contributed by atoms with Crippen LogP contribution in [0.15, 0.2) is 12.4 Å². The third-order valence-electron chi connectivity index (χ3n) is 2.30. The number of aryl methyl sites for hydroxylation is 1. The fourth-order valence-electron chi connectivity index (χ4n) is 1.34. The summed E-state index contributed by atoms with van der Waals surface area (Å²) in [6.45, 7) is 8.27. The highest BCUT2D eigenvalue weighted by Gasteiger charge is 2.13. The zero-order valence-electron chi connectivity index (χ0n) is 9.82. The van der Waals surface area contributed by atoms with Crippen molar-refractivity contribution in [2.75, 3.05) is 6.54 Å². The normalized spacial score (nSPS) is 12.0. The van der Waals surface area contributed by atoms with Crippen LogP contribution in [0.1, 0.15) is 33.0 Å². The Balaban J connectivity index is 2.50. The van der Waals surface area contributed by atoms with Gasteiger partial charge in [0.15, 0.2) is 0 Å². The smallest absolute Gasteiger partial charge is 0.122 e. The number of rotatable bonds is 6. The van der Waals surface area contributed by atoms with Crippen LogP contribution in [0.3, 0.4) is 0 Å². The molecule has 0 bridgehead atoms. The molecule has 0 spiro atoms. The van der Waals surface area contributed by atoms with E-state index in [1.54, 1.807) is 6.20 Å². The Morgan fingerprint density at radius 1 is 1.53 bits per heavy atom. The van der Waals surface area contributed by atoms with Crippen LogP contribution in [-0.4, -0.2) is 26.8 Å². The molecule has 0 aliphatic rings. The van der Waals surface area contributed by atoms with E-state index in [0.717, 1.165) is 31.9 Å². The van der Waals surface area contributed by atoms with Crippen molar-refractivity contribution in [1.29, 1.82) is 0 Å². The number of aliphatic hydroxyl groups is 1. The van der Waals surface area contributed by atoms with Crippen molar-refractivity contribution >= 4 is 0 Å². The number of nitrogens with one attached hydrogen (secondary N) is 1. The summed E-state index contributed by atoms with van der Waals surface area (Å²) in [6, 6.07) is 0. The van der Waals surface area contributed by atoms with Gasteiger partial charge in [-0.05, 0) is 26.8 Å². The van der Waals surface area contributed by atoms with Gasteiger partial charge in [0.25, 0.3) is 0 Å². The van der Waals surface area contributed by atoms with Crippen LogP contribution in [0, 0.1) is 0 Å². The van der Waals surface area contributed by atoms with E-state index in [2.05, 4.69) is 21.8 Å². The lowest BCUT2D eigenvalue weighted by molar-refractivity contribution is 0.0659. The quantitative estimate of drug-likeness (QED) is 0.742. The summed E-state index contributed by atoms with van der Waals surface area (Å²) in [6.07, 6.45) is 4.50. The van der Waals surface area contributed by atoms with Gasteiger partial charge >= 0.3 is 0 Å². The minimum absolute atomic E-state index is 0.611. The topological polar surface area (TPSA) is 50.1 Å². The molecule has 0 aliphatic carbocycles. The van der Waals surface area contributed by atoms with Gasteiger partial charge in [-0.15, -0.1) is 0 Å². The third-order valence-corrected chi connectivity index (χ3v) is 2.30. The maximum atomic E-state index is 9.63. The van der Waals surface area contributed by atoms with Crippen LogP contribution in [0.25, 0.3) is 0 Å². The Bertz CT molecular complexity index is 288. The van der Waals surface area contributed by atoms with E-state index in [4.69, 9.17) is 0 Å². The van der Waals surface area contributed by atoms with E-state index >= 15 is 0 Å². The summed E-state index contributed by atoms with van der Waals surface area (Å²) in [5.41, 5.74) is -0.611. The Labute approximate surface area is 91.3 Å². The molecule has 2 N–H and O–H groups in total. The van der Waals surface area contributed by atoms with Gasteiger partial charge in [0.05, 0.1) is 12.1 Å². The SMILES string of the molecule is CCNCc1nccn1CCC(C)(C)O. The highest BCUT2D eigenvalue weighted by atomic mass is 16.3. The van der Waals surface area contributed by atoms with Crippen molar-refractivity contribution in [2.24, 2.45) is 0 Å². The number of nitrogens with zero attached hydrogens (tertiary/aromatic N) is 2. The average Bonchev–Trinajstić information content (AvgIpc) is 2.57. The average molecular weight is 211 g/mol. The van der Waals surface area contributed by atoms with Crippen LogP contribution in [0.5, 0.6) is 0 Å². The zero-order valence-corrected chi connectivity index (χ0v) is 9.82. The van der Waals surface area contributed by atoms with Crippen molar-refractivity contribution in [3.05, 3.63) is 18.2 Å². The molecule has 1 rings (SSSR count). The van der Waals surface area contributed by atoms with Crippen LogP contribution in [-0.2, 0) is 13.1 Å². The van der Waals surface area contributed by atoms with Crippen LogP contribution >= 0.6 is 0 Å². The van der Waals surface area contributed by atoms with E-state index in [0.29, 0.717) is 0 Å². The van der Waals surface area contributed by atoms with Gasteiger partial charge in [-0.1, -0.05) is 6.92 Å². The molecule has 0 unspecified atom stereocenters. The summed E-state index contributed by atoms with van der Waals surface area (Å²) in [5.74, 6) is 1.03. The Morgan fingerprint density at radius 3 is 2.87 bits per heavy atom. The van der Waals surface area contributed by atoms with E-state index in [1.807, 2.05) is 20.0 Å². The van der Waals surface area contributed by atoms with Crippen LogP contribution < -0.4 is 5.32 Å². The maximum Gasteiger partial charge on any atom is 0.122 e. The van der Waals surface area contributed by atoms with Gasteiger partial charge in [-0.3, -0.25) is 0 Å². The number of hydrogen-bond acceptors (Lipinski definition) is 3. The molecule has 0 atom stereocenters.